The SMILES string of the molecule is COc1ccc(S(=O)(=O)N2CCC3(CC2)Nc2cc(OC)ccc2-n2cccc23)cc1. The lowest BCUT2D eigenvalue weighted by Crippen LogP contribution is -2.50. The van der Waals surface area contributed by atoms with Gasteiger partial charge in [0.2, 0.25) is 10.0 Å². The minimum absolute atomic E-state index is 0.291. The van der Waals surface area contributed by atoms with Crippen LogP contribution in [0.4, 0.5) is 5.69 Å². The molecule has 5 rings (SSSR count). The Hall–Kier alpha value is -2.97. The number of ether oxygens (including phenoxy) is 2. The summed E-state index contributed by atoms with van der Waals surface area (Å²) in [6, 6.07) is 16.7. The highest BCUT2D eigenvalue weighted by Crippen LogP contribution is 2.45. The minimum Gasteiger partial charge on any atom is -0.497 e. The fourth-order valence-electron chi connectivity index (χ4n) is 4.64. The second-order valence-electron chi connectivity index (χ2n) is 7.93. The Kier molecular flexibility index (Phi) is 4.71. The topological polar surface area (TPSA) is 72.8 Å². The number of benzene rings is 2. The quantitative estimate of drug-likeness (QED) is 0.673. The van der Waals surface area contributed by atoms with Crippen LogP contribution in [0.2, 0.25) is 0 Å². The van der Waals surface area contributed by atoms with Gasteiger partial charge < -0.3 is 19.4 Å². The summed E-state index contributed by atoms with van der Waals surface area (Å²) in [6.45, 7) is 0.873. The molecule has 1 aromatic heterocycles. The van der Waals surface area contributed by atoms with Crippen LogP contribution in [0.5, 0.6) is 11.5 Å². The summed E-state index contributed by atoms with van der Waals surface area (Å²) in [7, 11) is -0.334. The molecule has 2 aromatic carbocycles. The molecule has 0 atom stereocenters. The summed E-state index contributed by atoms with van der Waals surface area (Å²) < 4.78 is 40.7. The van der Waals surface area contributed by atoms with Crippen molar-refractivity contribution in [2.75, 3.05) is 32.6 Å². The van der Waals surface area contributed by atoms with Crippen LogP contribution in [0.15, 0.2) is 65.7 Å². The maximum absolute atomic E-state index is 13.2. The standard InChI is InChI=1S/C23H25N3O4S/c1-29-17-5-8-19(9-6-17)31(27,28)25-14-11-23(12-15-25)22-4-3-13-26(22)21-10-7-18(30-2)16-20(21)24-23/h3-10,13,16,24H,11-12,14-15H2,1-2H3. The summed E-state index contributed by atoms with van der Waals surface area (Å²) in [6.07, 6.45) is 3.40. The van der Waals surface area contributed by atoms with Crippen molar-refractivity contribution in [1.29, 1.82) is 0 Å². The van der Waals surface area contributed by atoms with E-state index < -0.39 is 10.0 Å². The number of aromatic nitrogens is 1. The molecule has 0 radical (unpaired) electrons. The fraction of sp³-hybridized carbons (Fsp3) is 0.304. The maximum Gasteiger partial charge on any atom is 0.243 e. The van der Waals surface area contributed by atoms with E-state index in [1.54, 1.807) is 42.8 Å². The lowest BCUT2D eigenvalue weighted by Gasteiger charge is -2.46. The molecular formula is C23H25N3O4S. The van der Waals surface area contributed by atoms with Crippen LogP contribution in [-0.4, -0.2) is 44.6 Å². The molecule has 3 heterocycles. The first-order valence-electron chi connectivity index (χ1n) is 10.3. The molecule has 3 aromatic rings. The van der Waals surface area contributed by atoms with E-state index in [9.17, 15) is 8.42 Å². The van der Waals surface area contributed by atoms with Gasteiger partial charge >= 0.3 is 0 Å². The van der Waals surface area contributed by atoms with Gasteiger partial charge in [-0.3, -0.25) is 0 Å². The Balaban J connectivity index is 1.43. The zero-order valence-corrected chi connectivity index (χ0v) is 18.4. The molecule has 2 aliphatic heterocycles. The molecule has 31 heavy (non-hydrogen) atoms. The zero-order valence-electron chi connectivity index (χ0n) is 17.5. The van der Waals surface area contributed by atoms with Crippen molar-refractivity contribution in [2.24, 2.45) is 0 Å². The van der Waals surface area contributed by atoms with Gasteiger partial charge in [0.05, 0.1) is 36.0 Å². The number of rotatable bonds is 4. The van der Waals surface area contributed by atoms with Crippen LogP contribution in [0, 0.1) is 0 Å². The normalized spacial score (nSPS) is 17.5. The van der Waals surface area contributed by atoms with E-state index in [1.807, 2.05) is 24.3 Å². The Labute approximate surface area is 182 Å². The first-order chi connectivity index (χ1) is 15.0. The number of hydrogen-bond acceptors (Lipinski definition) is 5. The van der Waals surface area contributed by atoms with Crippen LogP contribution in [-0.2, 0) is 15.6 Å². The van der Waals surface area contributed by atoms with E-state index in [2.05, 4.69) is 22.1 Å². The molecule has 0 saturated carbocycles. The molecule has 8 heteroatoms. The van der Waals surface area contributed by atoms with Crippen molar-refractivity contribution in [3.05, 3.63) is 66.5 Å². The monoisotopic (exact) mass is 439 g/mol. The fourth-order valence-corrected chi connectivity index (χ4v) is 6.08. The third-order valence-electron chi connectivity index (χ3n) is 6.35. The highest BCUT2D eigenvalue weighted by molar-refractivity contribution is 7.89. The van der Waals surface area contributed by atoms with Gasteiger partial charge in [0, 0.05) is 31.0 Å². The summed E-state index contributed by atoms with van der Waals surface area (Å²) in [5.74, 6) is 1.43. The highest BCUT2D eigenvalue weighted by Gasteiger charge is 2.43. The first-order valence-corrected chi connectivity index (χ1v) is 11.7. The Morgan fingerprint density at radius 2 is 1.61 bits per heavy atom. The highest BCUT2D eigenvalue weighted by atomic mass is 32.2. The average Bonchev–Trinajstić information content (AvgIpc) is 3.30. The molecule has 1 N–H and O–H groups in total. The zero-order chi connectivity index (χ0) is 21.6. The number of fused-ring (bicyclic) bond motifs is 4. The molecule has 1 fully saturated rings. The molecular weight excluding hydrogens is 414 g/mol. The predicted octanol–water partition coefficient (Wildman–Crippen LogP) is 3.60. The van der Waals surface area contributed by atoms with E-state index in [1.165, 1.54) is 0 Å². The smallest absolute Gasteiger partial charge is 0.243 e. The van der Waals surface area contributed by atoms with Gasteiger partial charge in [-0.1, -0.05) is 0 Å². The Bertz CT molecular complexity index is 1210. The largest absolute Gasteiger partial charge is 0.497 e. The molecule has 0 aliphatic carbocycles. The van der Waals surface area contributed by atoms with Crippen molar-refractivity contribution in [2.45, 2.75) is 23.3 Å². The third kappa shape index (κ3) is 3.18. The molecule has 162 valence electrons. The maximum atomic E-state index is 13.2. The number of anilines is 1. The molecule has 0 unspecified atom stereocenters. The Morgan fingerprint density at radius 3 is 2.29 bits per heavy atom. The molecule has 7 nitrogen and oxygen atoms in total. The van der Waals surface area contributed by atoms with Gasteiger partial charge in [0.15, 0.2) is 0 Å². The van der Waals surface area contributed by atoms with Crippen LogP contribution < -0.4 is 14.8 Å². The lowest BCUT2D eigenvalue weighted by atomic mass is 9.83. The van der Waals surface area contributed by atoms with Crippen molar-refractivity contribution >= 4 is 15.7 Å². The number of nitrogens with zero attached hydrogens (tertiary/aromatic N) is 2. The summed E-state index contributed by atoms with van der Waals surface area (Å²) in [4.78, 5) is 0.291. The minimum atomic E-state index is -3.55. The van der Waals surface area contributed by atoms with E-state index in [0.29, 0.717) is 36.6 Å². The second-order valence-corrected chi connectivity index (χ2v) is 9.87. The van der Waals surface area contributed by atoms with Crippen molar-refractivity contribution in [3.8, 4) is 17.2 Å². The van der Waals surface area contributed by atoms with Gasteiger partial charge in [-0.2, -0.15) is 4.31 Å². The number of nitrogens with one attached hydrogen (secondary N) is 1. The predicted molar refractivity (Wildman–Crippen MR) is 119 cm³/mol. The van der Waals surface area contributed by atoms with Gasteiger partial charge in [-0.15, -0.1) is 0 Å². The van der Waals surface area contributed by atoms with E-state index in [0.717, 1.165) is 22.8 Å². The second kappa shape index (κ2) is 7.32. The number of piperidine rings is 1. The molecule has 2 aliphatic rings. The summed E-state index contributed by atoms with van der Waals surface area (Å²) in [5, 5.41) is 3.72. The third-order valence-corrected chi connectivity index (χ3v) is 8.26. The number of methoxy groups -OCH3 is 2. The number of sulfonamides is 1. The molecule has 1 spiro atoms. The van der Waals surface area contributed by atoms with E-state index in [4.69, 9.17) is 9.47 Å². The van der Waals surface area contributed by atoms with E-state index in [-0.39, 0.29) is 5.54 Å². The lowest BCUT2D eigenvalue weighted by molar-refractivity contribution is 0.247. The van der Waals surface area contributed by atoms with Gasteiger partial charge in [0.1, 0.15) is 11.5 Å². The van der Waals surface area contributed by atoms with Crippen molar-refractivity contribution in [3.63, 3.8) is 0 Å². The Morgan fingerprint density at radius 1 is 0.935 bits per heavy atom. The van der Waals surface area contributed by atoms with Crippen LogP contribution >= 0.6 is 0 Å². The summed E-state index contributed by atoms with van der Waals surface area (Å²) >= 11 is 0. The first kappa shape index (κ1) is 20.0. The van der Waals surface area contributed by atoms with E-state index >= 15 is 0 Å². The van der Waals surface area contributed by atoms with Crippen molar-refractivity contribution in [1.82, 2.24) is 8.87 Å². The van der Waals surface area contributed by atoms with Crippen LogP contribution in [0.1, 0.15) is 18.5 Å². The van der Waals surface area contributed by atoms with Crippen LogP contribution in [0.25, 0.3) is 5.69 Å². The average molecular weight is 440 g/mol. The van der Waals surface area contributed by atoms with Crippen LogP contribution in [0.3, 0.4) is 0 Å². The molecule has 1 saturated heterocycles. The number of hydrogen-bond donors (Lipinski definition) is 1. The van der Waals surface area contributed by atoms with Crippen molar-refractivity contribution < 1.29 is 17.9 Å². The summed E-state index contributed by atoms with van der Waals surface area (Å²) in [5.41, 5.74) is 2.90. The van der Waals surface area contributed by atoms with Gasteiger partial charge in [-0.25, -0.2) is 8.42 Å². The van der Waals surface area contributed by atoms with Gasteiger partial charge in [-0.05, 0) is 61.4 Å². The van der Waals surface area contributed by atoms with Gasteiger partial charge in [0.25, 0.3) is 0 Å². The molecule has 0 amide bonds. The molecule has 0 bridgehead atoms.